The molecule has 0 spiro atoms. The summed E-state index contributed by atoms with van der Waals surface area (Å²) < 4.78 is 54.8. The minimum atomic E-state index is -3.99. The summed E-state index contributed by atoms with van der Waals surface area (Å²) in [7, 11) is -0.246. The van der Waals surface area contributed by atoms with Crippen molar-refractivity contribution in [2.24, 2.45) is 0 Å². The first-order chi connectivity index (χ1) is 12.5. The van der Waals surface area contributed by atoms with Crippen LogP contribution in [0.5, 0.6) is 0 Å². The standard InChI is InChI=1S/C16H27O10P/c1-9(2)22-14(17)11(26-27(18,20-6)21-7)8-10-12(19-5)13-15(23-10)25-16(3,4)24-13/h8-10,12-13,15H,1-7H3/b11-8+/t10-,12+,13-,15-/m1/s1. The Hall–Kier alpha value is -1.00. The SMILES string of the molecule is CO[C@@H]1[C@H]2OC(C)(C)O[C@H]2O[C@@H]1/C=C(/OP(=O)(OC)OC)C(=O)OC(C)C. The lowest BCUT2D eigenvalue weighted by molar-refractivity contribution is -0.211. The second-order valence-corrected chi connectivity index (χ2v) is 8.47. The maximum atomic E-state index is 12.4. The summed E-state index contributed by atoms with van der Waals surface area (Å²) in [6, 6.07) is 0. The molecule has 0 aliphatic carbocycles. The Morgan fingerprint density at radius 1 is 1.15 bits per heavy atom. The van der Waals surface area contributed by atoms with Gasteiger partial charge in [0, 0.05) is 21.3 Å². The summed E-state index contributed by atoms with van der Waals surface area (Å²) >= 11 is 0. The summed E-state index contributed by atoms with van der Waals surface area (Å²) in [6.45, 7) is 6.85. The number of carbonyl (C=O) groups excluding carboxylic acids is 1. The molecule has 0 bridgehead atoms. The minimum absolute atomic E-state index is 0.387. The molecule has 2 fully saturated rings. The van der Waals surface area contributed by atoms with E-state index < -0.39 is 50.3 Å². The largest absolute Gasteiger partial charge is 0.529 e. The molecule has 2 heterocycles. The zero-order valence-corrected chi connectivity index (χ0v) is 17.4. The van der Waals surface area contributed by atoms with Crippen molar-refractivity contribution >= 4 is 13.8 Å². The van der Waals surface area contributed by atoms with Gasteiger partial charge in [-0.1, -0.05) is 0 Å². The molecule has 0 N–H and O–H groups in total. The maximum Gasteiger partial charge on any atom is 0.529 e. The average molecular weight is 410 g/mol. The number of methoxy groups -OCH3 is 1. The molecule has 0 amide bonds. The molecule has 0 saturated carbocycles. The Morgan fingerprint density at radius 3 is 2.30 bits per heavy atom. The zero-order chi connectivity index (χ0) is 20.4. The van der Waals surface area contributed by atoms with Gasteiger partial charge >= 0.3 is 13.8 Å². The number of esters is 1. The third kappa shape index (κ3) is 5.29. The molecule has 2 rings (SSSR count). The summed E-state index contributed by atoms with van der Waals surface area (Å²) in [6.07, 6.45) is -1.70. The van der Waals surface area contributed by atoms with E-state index in [1.54, 1.807) is 27.7 Å². The van der Waals surface area contributed by atoms with Gasteiger partial charge in [0.2, 0.25) is 5.76 Å². The van der Waals surface area contributed by atoms with Gasteiger partial charge in [0.15, 0.2) is 12.1 Å². The molecule has 0 aromatic rings. The van der Waals surface area contributed by atoms with Crippen LogP contribution in [0, 0.1) is 0 Å². The van der Waals surface area contributed by atoms with Crippen molar-refractivity contribution < 1.29 is 46.6 Å². The van der Waals surface area contributed by atoms with Gasteiger partial charge in [-0.05, 0) is 33.8 Å². The Balaban J connectivity index is 2.27. The number of hydrogen-bond donors (Lipinski definition) is 0. The van der Waals surface area contributed by atoms with E-state index in [9.17, 15) is 9.36 Å². The first-order valence-electron chi connectivity index (χ1n) is 8.42. The van der Waals surface area contributed by atoms with Crippen LogP contribution in [-0.2, 0) is 46.6 Å². The van der Waals surface area contributed by atoms with Gasteiger partial charge in [-0.15, -0.1) is 0 Å². The van der Waals surface area contributed by atoms with E-state index in [4.69, 9.17) is 37.3 Å². The number of rotatable bonds is 8. The van der Waals surface area contributed by atoms with Crippen molar-refractivity contribution in [3.05, 3.63) is 11.8 Å². The Bertz CT molecular complexity index is 608. The van der Waals surface area contributed by atoms with Crippen LogP contribution in [0.1, 0.15) is 27.7 Å². The highest BCUT2D eigenvalue weighted by atomic mass is 31.2. The fourth-order valence-electron chi connectivity index (χ4n) is 2.73. The quantitative estimate of drug-likeness (QED) is 0.255. The lowest BCUT2D eigenvalue weighted by Gasteiger charge is -2.24. The maximum absolute atomic E-state index is 12.4. The predicted octanol–water partition coefficient (Wildman–Crippen LogP) is 2.13. The summed E-state index contributed by atoms with van der Waals surface area (Å²) in [5.41, 5.74) is 0. The Labute approximate surface area is 158 Å². The van der Waals surface area contributed by atoms with E-state index in [0.717, 1.165) is 14.2 Å². The molecule has 2 aliphatic rings. The van der Waals surface area contributed by atoms with Crippen molar-refractivity contribution in [3.63, 3.8) is 0 Å². The van der Waals surface area contributed by atoms with Crippen LogP contribution in [-0.4, -0.2) is 63.8 Å². The molecular formula is C16H27O10P. The van der Waals surface area contributed by atoms with Crippen molar-refractivity contribution in [2.75, 3.05) is 21.3 Å². The molecular weight excluding hydrogens is 383 g/mol. The van der Waals surface area contributed by atoms with Gasteiger partial charge in [0.25, 0.3) is 0 Å². The second-order valence-electron chi connectivity index (χ2n) is 6.66. The Morgan fingerprint density at radius 2 is 1.78 bits per heavy atom. The molecule has 0 unspecified atom stereocenters. The normalized spacial score (nSPS) is 30.4. The van der Waals surface area contributed by atoms with Crippen LogP contribution >= 0.6 is 7.82 Å². The van der Waals surface area contributed by atoms with E-state index in [2.05, 4.69) is 0 Å². The number of hydrogen-bond acceptors (Lipinski definition) is 10. The minimum Gasteiger partial charge on any atom is -0.457 e. The molecule has 2 aliphatic heterocycles. The zero-order valence-electron chi connectivity index (χ0n) is 16.5. The van der Waals surface area contributed by atoms with Crippen LogP contribution in [0.15, 0.2) is 11.8 Å². The predicted molar refractivity (Wildman–Crippen MR) is 91.5 cm³/mol. The van der Waals surface area contributed by atoms with Gasteiger partial charge in [-0.2, -0.15) is 0 Å². The summed E-state index contributed by atoms with van der Waals surface area (Å²) in [4.78, 5) is 12.4. The smallest absolute Gasteiger partial charge is 0.457 e. The fraction of sp³-hybridized carbons (Fsp3) is 0.812. The third-order valence-electron chi connectivity index (χ3n) is 3.82. The highest BCUT2D eigenvalue weighted by Gasteiger charge is 2.55. The molecule has 2 saturated heterocycles. The molecule has 0 aromatic carbocycles. The summed E-state index contributed by atoms with van der Waals surface area (Å²) in [5, 5.41) is 0. The molecule has 27 heavy (non-hydrogen) atoms. The van der Waals surface area contributed by atoms with Gasteiger partial charge in [0.1, 0.15) is 18.3 Å². The topological polar surface area (TPSA) is 108 Å². The highest BCUT2D eigenvalue weighted by Crippen LogP contribution is 2.50. The summed E-state index contributed by atoms with van der Waals surface area (Å²) in [5.74, 6) is -2.06. The third-order valence-corrected chi connectivity index (χ3v) is 5.13. The van der Waals surface area contributed by atoms with Crippen LogP contribution < -0.4 is 0 Å². The fourth-order valence-corrected chi connectivity index (χ4v) is 3.41. The average Bonchev–Trinajstić information content (AvgIpc) is 3.03. The molecule has 0 aromatic heterocycles. The van der Waals surface area contributed by atoms with Crippen LogP contribution in [0.25, 0.3) is 0 Å². The number of phosphoric acid groups is 1. The van der Waals surface area contributed by atoms with Crippen molar-refractivity contribution in [2.45, 2.75) is 64.2 Å². The molecule has 11 heteroatoms. The Kier molecular flexibility index (Phi) is 7.07. The number of carbonyl (C=O) groups is 1. The van der Waals surface area contributed by atoms with E-state index in [1.165, 1.54) is 13.2 Å². The lowest BCUT2D eigenvalue weighted by atomic mass is 10.1. The van der Waals surface area contributed by atoms with Gasteiger partial charge < -0.3 is 28.2 Å². The second kappa shape index (κ2) is 8.57. The lowest BCUT2D eigenvalue weighted by Crippen LogP contribution is -2.35. The van der Waals surface area contributed by atoms with Crippen LogP contribution in [0.2, 0.25) is 0 Å². The van der Waals surface area contributed by atoms with Gasteiger partial charge in [0.05, 0.1) is 6.10 Å². The van der Waals surface area contributed by atoms with E-state index >= 15 is 0 Å². The van der Waals surface area contributed by atoms with Crippen LogP contribution in [0.3, 0.4) is 0 Å². The van der Waals surface area contributed by atoms with Crippen LogP contribution in [0.4, 0.5) is 0 Å². The molecule has 0 radical (unpaired) electrons. The highest BCUT2D eigenvalue weighted by molar-refractivity contribution is 7.48. The number of ether oxygens (including phenoxy) is 5. The van der Waals surface area contributed by atoms with Crippen molar-refractivity contribution in [1.82, 2.24) is 0 Å². The van der Waals surface area contributed by atoms with E-state index in [-0.39, 0.29) is 5.76 Å². The number of fused-ring (bicyclic) bond motifs is 1. The number of phosphoric ester groups is 1. The van der Waals surface area contributed by atoms with Gasteiger partial charge in [-0.25, -0.2) is 9.36 Å². The first-order valence-corrected chi connectivity index (χ1v) is 9.88. The first kappa shape index (κ1) is 22.3. The molecule has 156 valence electrons. The van der Waals surface area contributed by atoms with Gasteiger partial charge in [-0.3, -0.25) is 9.05 Å². The monoisotopic (exact) mass is 410 g/mol. The molecule has 10 nitrogen and oxygen atoms in total. The van der Waals surface area contributed by atoms with Crippen molar-refractivity contribution in [1.29, 1.82) is 0 Å². The van der Waals surface area contributed by atoms with E-state index in [0.29, 0.717) is 0 Å². The van der Waals surface area contributed by atoms with Crippen molar-refractivity contribution in [3.8, 4) is 0 Å². The molecule has 4 atom stereocenters. The van der Waals surface area contributed by atoms with E-state index in [1.807, 2.05) is 0 Å².